The molecule has 0 aliphatic heterocycles. The van der Waals surface area contributed by atoms with Crippen molar-refractivity contribution in [2.24, 2.45) is 0 Å². The van der Waals surface area contributed by atoms with Crippen molar-refractivity contribution in [2.75, 3.05) is 18.5 Å². The molecular formula is C16H13BrClNO4. The van der Waals surface area contributed by atoms with E-state index >= 15 is 0 Å². The highest BCUT2D eigenvalue weighted by atomic mass is 79.9. The molecule has 0 bridgehead atoms. The van der Waals surface area contributed by atoms with Crippen LogP contribution in [0.2, 0.25) is 5.02 Å². The van der Waals surface area contributed by atoms with Gasteiger partial charge in [-0.2, -0.15) is 0 Å². The maximum Gasteiger partial charge on any atom is 0.344 e. The minimum absolute atomic E-state index is 0.285. The van der Waals surface area contributed by atoms with Crippen molar-refractivity contribution >= 4 is 45.1 Å². The van der Waals surface area contributed by atoms with Crippen LogP contribution in [0.15, 0.2) is 53.0 Å². The molecule has 0 fully saturated rings. The fourth-order valence-corrected chi connectivity index (χ4v) is 1.98. The van der Waals surface area contributed by atoms with E-state index in [9.17, 15) is 9.59 Å². The molecule has 0 saturated heterocycles. The minimum Gasteiger partial charge on any atom is -0.482 e. The number of esters is 1. The summed E-state index contributed by atoms with van der Waals surface area (Å²) in [6.45, 7) is -0.661. The van der Waals surface area contributed by atoms with Gasteiger partial charge in [0.2, 0.25) is 0 Å². The van der Waals surface area contributed by atoms with Crippen LogP contribution < -0.4 is 10.1 Å². The first kappa shape index (κ1) is 17.3. The van der Waals surface area contributed by atoms with Crippen LogP contribution in [-0.2, 0) is 14.3 Å². The topological polar surface area (TPSA) is 64.6 Å². The molecule has 120 valence electrons. The molecular weight excluding hydrogens is 386 g/mol. The van der Waals surface area contributed by atoms with Gasteiger partial charge in [-0.15, -0.1) is 0 Å². The SMILES string of the molecule is O=C(COC(=O)COc1ccc(Cl)cc1)Nc1ccc(Br)cc1. The fraction of sp³-hybridized carbons (Fsp3) is 0.125. The first-order valence-corrected chi connectivity index (χ1v) is 7.79. The smallest absolute Gasteiger partial charge is 0.344 e. The molecule has 23 heavy (non-hydrogen) atoms. The van der Waals surface area contributed by atoms with Crippen LogP contribution in [0.1, 0.15) is 0 Å². The molecule has 2 aromatic rings. The summed E-state index contributed by atoms with van der Waals surface area (Å²) in [5.41, 5.74) is 0.617. The number of hydrogen-bond acceptors (Lipinski definition) is 4. The Morgan fingerprint density at radius 2 is 1.65 bits per heavy atom. The maximum absolute atomic E-state index is 11.7. The predicted molar refractivity (Wildman–Crippen MR) is 90.7 cm³/mol. The molecule has 0 unspecified atom stereocenters. The molecule has 0 aliphatic carbocycles. The Bertz CT molecular complexity index is 673. The molecule has 2 rings (SSSR count). The largest absolute Gasteiger partial charge is 0.482 e. The number of ether oxygens (including phenoxy) is 2. The number of benzene rings is 2. The molecule has 1 N–H and O–H groups in total. The quantitative estimate of drug-likeness (QED) is 0.754. The van der Waals surface area contributed by atoms with Crippen LogP contribution >= 0.6 is 27.5 Å². The average molecular weight is 399 g/mol. The van der Waals surface area contributed by atoms with Gasteiger partial charge >= 0.3 is 5.97 Å². The number of anilines is 1. The number of carbonyl (C=O) groups excluding carboxylic acids is 2. The normalized spacial score (nSPS) is 10.0. The summed E-state index contributed by atoms with van der Waals surface area (Å²) in [4.78, 5) is 23.2. The number of halogens is 2. The van der Waals surface area contributed by atoms with Crippen LogP contribution in [0.3, 0.4) is 0 Å². The van der Waals surface area contributed by atoms with Gasteiger partial charge in [0.15, 0.2) is 13.2 Å². The van der Waals surface area contributed by atoms with Crippen molar-refractivity contribution < 1.29 is 19.1 Å². The Kier molecular flexibility index (Phi) is 6.43. The minimum atomic E-state index is -0.633. The third-order valence-electron chi connectivity index (χ3n) is 2.66. The lowest BCUT2D eigenvalue weighted by molar-refractivity contribution is -0.149. The second kappa shape index (κ2) is 8.55. The van der Waals surface area contributed by atoms with E-state index in [-0.39, 0.29) is 13.2 Å². The molecule has 1 amide bonds. The second-order valence-electron chi connectivity index (χ2n) is 4.46. The lowest BCUT2D eigenvalue weighted by Gasteiger charge is -2.08. The number of amides is 1. The summed E-state index contributed by atoms with van der Waals surface area (Å²) in [6.07, 6.45) is 0. The summed E-state index contributed by atoms with van der Waals surface area (Å²) in [5, 5.41) is 3.19. The number of hydrogen-bond donors (Lipinski definition) is 1. The number of rotatable bonds is 6. The van der Waals surface area contributed by atoms with Crippen LogP contribution in [0.4, 0.5) is 5.69 Å². The highest BCUT2D eigenvalue weighted by Gasteiger charge is 2.09. The van der Waals surface area contributed by atoms with Gasteiger partial charge in [0, 0.05) is 15.2 Å². The lowest BCUT2D eigenvalue weighted by Crippen LogP contribution is -2.23. The molecule has 7 heteroatoms. The third-order valence-corrected chi connectivity index (χ3v) is 3.44. The molecule has 0 aromatic heterocycles. The zero-order valence-electron chi connectivity index (χ0n) is 11.9. The predicted octanol–water partition coefficient (Wildman–Crippen LogP) is 3.66. The van der Waals surface area contributed by atoms with Gasteiger partial charge in [0.1, 0.15) is 5.75 Å². The van der Waals surface area contributed by atoms with Crippen LogP contribution in [0.25, 0.3) is 0 Å². The molecule has 2 aromatic carbocycles. The molecule has 0 spiro atoms. The zero-order chi connectivity index (χ0) is 16.7. The van der Waals surface area contributed by atoms with E-state index in [0.29, 0.717) is 16.5 Å². The van der Waals surface area contributed by atoms with Crippen molar-refractivity contribution in [3.8, 4) is 5.75 Å². The maximum atomic E-state index is 11.7. The van der Waals surface area contributed by atoms with E-state index in [0.717, 1.165) is 4.47 Å². The Morgan fingerprint density at radius 1 is 1.00 bits per heavy atom. The van der Waals surface area contributed by atoms with Crippen molar-refractivity contribution in [3.05, 3.63) is 58.0 Å². The number of nitrogens with one attached hydrogen (secondary N) is 1. The highest BCUT2D eigenvalue weighted by Crippen LogP contribution is 2.15. The summed E-state index contributed by atoms with van der Waals surface area (Å²) in [7, 11) is 0. The summed E-state index contributed by atoms with van der Waals surface area (Å²) in [6, 6.07) is 13.6. The van der Waals surface area contributed by atoms with Crippen molar-refractivity contribution in [1.82, 2.24) is 0 Å². The Balaban J connectivity index is 1.70. The third kappa shape index (κ3) is 6.30. The molecule has 0 radical (unpaired) electrons. The van der Waals surface area contributed by atoms with E-state index in [2.05, 4.69) is 21.2 Å². The molecule has 0 saturated carbocycles. The van der Waals surface area contributed by atoms with Gasteiger partial charge in [0.25, 0.3) is 5.91 Å². The highest BCUT2D eigenvalue weighted by molar-refractivity contribution is 9.10. The zero-order valence-corrected chi connectivity index (χ0v) is 14.3. The Labute approximate surface area is 146 Å². The van der Waals surface area contributed by atoms with Gasteiger partial charge in [-0.25, -0.2) is 4.79 Å². The second-order valence-corrected chi connectivity index (χ2v) is 5.81. The van der Waals surface area contributed by atoms with E-state index in [4.69, 9.17) is 21.1 Å². The van der Waals surface area contributed by atoms with E-state index in [1.807, 2.05) is 0 Å². The monoisotopic (exact) mass is 397 g/mol. The van der Waals surface area contributed by atoms with Gasteiger partial charge < -0.3 is 14.8 Å². The number of carbonyl (C=O) groups is 2. The molecule has 0 aliphatic rings. The first-order chi connectivity index (χ1) is 11.0. The van der Waals surface area contributed by atoms with E-state index < -0.39 is 11.9 Å². The van der Waals surface area contributed by atoms with E-state index in [1.165, 1.54) is 0 Å². The first-order valence-electron chi connectivity index (χ1n) is 6.62. The van der Waals surface area contributed by atoms with Gasteiger partial charge in [-0.05, 0) is 48.5 Å². The average Bonchev–Trinajstić information content (AvgIpc) is 2.54. The van der Waals surface area contributed by atoms with Gasteiger partial charge in [-0.3, -0.25) is 4.79 Å². The van der Waals surface area contributed by atoms with Crippen molar-refractivity contribution in [1.29, 1.82) is 0 Å². The molecule has 5 nitrogen and oxygen atoms in total. The van der Waals surface area contributed by atoms with Crippen molar-refractivity contribution in [3.63, 3.8) is 0 Å². The Morgan fingerprint density at radius 3 is 2.30 bits per heavy atom. The van der Waals surface area contributed by atoms with Gasteiger partial charge in [0.05, 0.1) is 0 Å². The molecule has 0 atom stereocenters. The Hall–Kier alpha value is -2.05. The van der Waals surface area contributed by atoms with Crippen LogP contribution in [0, 0.1) is 0 Å². The fourth-order valence-electron chi connectivity index (χ4n) is 1.59. The van der Waals surface area contributed by atoms with Crippen LogP contribution in [0.5, 0.6) is 5.75 Å². The standard InChI is InChI=1S/C16H13BrClNO4/c17-11-1-5-13(6-2-11)19-15(20)9-23-16(21)10-22-14-7-3-12(18)4-8-14/h1-8H,9-10H2,(H,19,20). The van der Waals surface area contributed by atoms with Gasteiger partial charge in [-0.1, -0.05) is 27.5 Å². The lowest BCUT2D eigenvalue weighted by atomic mass is 10.3. The molecule has 0 heterocycles. The summed E-state index contributed by atoms with van der Waals surface area (Å²) >= 11 is 9.04. The van der Waals surface area contributed by atoms with Crippen molar-refractivity contribution in [2.45, 2.75) is 0 Å². The van der Waals surface area contributed by atoms with Crippen LogP contribution in [-0.4, -0.2) is 25.1 Å². The summed E-state index contributed by atoms with van der Waals surface area (Å²) < 4.78 is 11.0. The van der Waals surface area contributed by atoms with E-state index in [1.54, 1.807) is 48.5 Å². The summed E-state index contributed by atoms with van der Waals surface area (Å²) in [5.74, 6) is -0.566.